The standard InChI is InChI=1S/C8H6ClF2N3O/c1-8(10,11)7-13-6-5(14(7)15)2-4(9)3-12-6/h2-3,15H,1H3. The zero-order valence-corrected chi connectivity index (χ0v) is 8.33. The lowest BCUT2D eigenvalue weighted by atomic mass is 10.4. The van der Waals surface area contributed by atoms with Gasteiger partial charge in [0.05, 0.1) is 5.02 Å². The van der Waals surface area contributed by atoms with Gasteiger partial charge in [0.15, 0.2) is 5.65 Å². The highest BCUT2D eigenvalue weighted by atomic mass is 35.5. The average molecular weight is 234 g/mol. The average Bonchev–Trinajstić information content (AvgIpc) is 2.43. The van der Waals surface area contributed by atoms with E-state index in [-0.39, 0.29) is 16.2 Å². The van der Waals surface area contributed by atoms with Gasteiger partial charge in [-0.1, -0.05) is 11.6 Å². The van der Waals surface area contributed by atoms with Crippen molar-refractivity contribution in [1.82, 2.24) is 14.7 Å². The lowest BCUT2D eigenvalue weighted by Gasteiger charge is -2.07. The van der Waals surface area contributed by atoms with E-state index in [9.17, 15) is 14.0 Å². The van der Waals surface area contributed by atoms with Crippen LogP contribution in [0.1, 0.15) is 12.7 Å². The second-order valence-corrected chi connectivity index (χ2v) is 3.57. The van der Waals surface area contributed by atoms with Crippen molar-refractivity contribution in [3.05, 3.63) is 23.1 Å². The minimum Gasteiger partial charge on any atom is -0.426 e. The van der Waals surface area contributed by atoms with Crippen LogP contribution in [0.15, 0.2) is 12.3 Å². The summed E-state index contributed by atoms with van der Waals surface area (Å²) in [5.41, 5.74) is 0.0810. The number of pyridine rings is 1. The third-order valence-electron chi connectivity index (χ3n) is 1.85. The first-order valence-corrected chi connectivity index (χ1v) is 4.39. The van der Waals surface area contributed by atoms with Crippen molar-refractivity contribution in [2.24, 2.45) is 0 Å². The summed E-state index contributed by atoms with van der Waals surface area (Å²) in [6.07, 6.45) is 1.27. The van der Waals surface area contributed by atoms with Crippen LogP contribution in [-0.2, 0) is 5.92 Å². The fraction of sp³-hybridized carbons (Fsp3) is 0.250. The van der Waals surface area contributed by atoms with Crippen LogP contribution in [0.25, 0.3) is 11.2 Å². The zero-order valence-electron chi connectivity index (χ0n) is 7.58. The van der Waals surface area contributed by atoms with E-state index in [0.717, 1.165) is 0 Å². The van der Waals surface area contributed by atoms with Gasteiger partial charge in [-0.05, 0) is 6.07 Å². The Kier molecular flexibility index (Phi) is 2.04. The monoisotopic (exact) mass is 233 g/mol. The molecule has 0 spiro atoms. The summed E-state index contributed by atoms with van der Waals surface area (Å²) in [6.45, 7) is 0.641. The van der Waals surface area contributed by atoms with Crippen molar-refractivity contribution in [3.8, 4) is 0 Å². The lowest BCUT2D eigenvalue weighted by molar-refractivity contribution is -0.0122. The van der Waals surface area contributed by atoms with Crippen molar-refractivity contribution in [2.45, 2.75) is 12.8 Å². The van der Waals surface area contributed by atoms with Gasteiger partial charge in [-0.25, -0.2) is 9.97 Å². The molecule has 15 heavy (non-hydrogen) atoms. The number of aromatic nitrogens is 3. The minimum absolute atomic E-state index is 0.0263. The van der Waals surface area contributed by atoms with E-state index in [0.29, 0.717) is 11.7 Å². The SMILES string of the molecule is CC(F)(F)c1nc2ncc(Cl)cc2n1O. The molecule has 7 heteroatoms. The number of fused-ring (bicyclic) bond motifs is 1. The summed E-state index contributed by atoms with van der Waals surface area (Å²) in [5, 5.41) is 9.66. The highest BCUT2D eigenvalue weighted by Crippen LogP contribution is 2.28. The molecule has 80 valence electrons. The maximum absolute atomic E-state index is 13.0. The van der Waals surface area contributed by atoms with Crippen molar-refractivity contribution in [2.75, 3.05) is 0 Å². The predicted octanol–water partition coefficient (Wildman–Crippen LogP) is 2.43. The molecule has 0 saturated carbocycles. The number of imidazole rings is 1. The first kappa shape index (κ1) is 10.1. The highest BCUT2D eigenvalue weighted by Gasteiger charge is 2.32. The van der Waals surface area contributed by atoms with Crippen molar-refractivity contribution in [1.29, 1.82) is 0 Å². The van der Waals surface area contributed by atoms with Crippen LogP contribution >= 0.6 is 11.6 Å². The second-order valence-electron chi connectivity index (χ2n) is 3.13. The van der Waals surface area contributed by atoms with Crippen LogP contribution in [0.4, 0.5) is 8.78 Å². The summed E-state index contributed by atoms with van der Waals surface area (Å²) in [6, 6.07) is 1.31. The topological polar surface area (TPSA) is 50.9 Å². The number of halogens is 3. The predicted molar refractivity (Wildman–Crippen MR) is 49.3 cm³/mol. The van der Waals surface area contributed by atoms with E-state index in [1.165, 1.54) is 12.3 Å². The normalized spacial score (nSPS) is 12.3. The summed E-state index contributed by atoms with van der Waals surface area (Å²) in [5.74, 6) is -3.99. The molecule has 2 aromatic heterocycles. The molecular weight excluding hydrogens is 228 g/mol. The van der Waals surface area contributed by atoms with E-state index < -0.39 is 11.7 Å². The van der Waals surface area contributed by atoms with Gasteiger partial charge < -0.3 is 5.21 Å². The Balaban J connectivity index is 2.76. The van der Waals surface area contributed by atoms with Crippen LogP contribution in [-0.4, -0.2) is 19.9 Å². The maximum atomic E-state index is 13.0. The Morgan fingerprint density at radius 3 is 2.80 bits per heavy atom. The summed E-state index contributed by atoms with van der Waals surface area (Å²) in [4.78, 5) is 7.24. The Morgan fingerprint density at radius 2 is 2.20 bits per heavy atom. The summed E-state index contributed by atoms with van der Waals surface area (Å²) in [7, 11) is 0. The molecule has 0 atom stereocenters. The van der Waals surface area contributed by atoms with Gasteiger partial charge in [0.2, 0.25) is 5.82 Å². The van der Waals surface area contributed by atoms with Gasteiger partial charge in [0.25, 0.3) is 0 Å². The molecule has 0 aliphatic rings. The maximum Gasteiger partial charge on any atom is 0.305 e. The zero-order chi connectivity index (χ0) is 11.2. The Morgan fingerprint density at radius 1 is 1.53 bits per heavy atom. The third kappa shape index (κ3) is 1.61. The van der Waals surface area contributed by atoms with Crippen LogP contribution in [0, 0.1) is 0 Å². The lowest BCUT2D eigenvalue weighted by Crippen LogP contribution is -2.14. The van der Waals surface area contributed by atoms with E-state index in [1.54, 1.807) is 0 Å². The van der Waals surface area contributed by atoms with Gasteiger partial charge >= 0.3 is 5.92 Å². The third-order valence-corrected chi connectivity index (χ3v) is 2.05. The number of hydrogen-bond acceptors (Lipinski definition) is 3. The van der Waals surface area contributed by atoms with Crippen LogP contribution in [0.3, 0.4) is 0 Å². The first-order valence-electron chi connectivity index (χ1n) is 4.01. The molecule has 4 nitrogen and oxygen atoms in total. The molecule has 2 aromatic rings. The van der Waals surface area contributed by atoms with Crippen molar-refractivity contribution in [3.63, 3.8) is 0 Å². The van der Waals surface area contributed by atoms with Gasteiger partial charge in [0, 0.05) is 13.1 Å². The fourth-order valence-electron chi connectivity index (χ4n) is 1.21. The van der Waals surface area contributed by atoms with E-state index in [1.807, 2.05) is 0 Å². The molecular formula is C8H6ClF2N3O. The van der Waals surface area contributed by atoms with Gasteiger partial charge in [0.1, 0.15) is 5.52 Å². The van der Waals surface area contributed by atoms with E-state index in [4.69, 9.17) is 11.6 Å². The summed E-state index contributed by atoms with van der Waals surface area (Å²) < 4.78 is 26.2. The summed E-state index contributed by atoms with van der Waals surface area (Å²) >= 11 is 5.61. The fourth-order valence-corrected chi connectivity index (χ4v) is 1.36. The van der Waals surface area contributed by atoms with Crippen LogP contribution < -0.4 is 0 Å². The minimum atomic E-state index is -3.23. The smallest absolute Gasteiger partial charge is 0.305 e. The molecule has 0 fully saturated rings. The van der Waals surface area contributed by atoms with Crippen molar-refractivity contribution < 1.29 is 14.0 Å². The molecule has 0 bridgehead atoms. The molecule has 0 saturated heterocycles. The highest BCUT2D eigenvalue weighted by molar-refractivity contribution is 6.31. The molecule has 2 heterocycles. The number of nitrogens with zero attached hydrogens (tertiary/aromatic N) is 3. The quantitative estimate of drug-likeness (QED) is 0.770. The Bertz CT molecular complexity index is 520. The molecule has 0 amide bonds. The Labute approximate surface area is 88.1 Å². The van der Waals surface area contributed by atoms with Crippen LogP contribution in [0.5, 0.6) is 0 Å². The van der Waals surface area contributed by atoms with Gasteiger partial charge in [-0.15, -0.1) is 0 Å². The molecule has 0 aliphatic heterocycles. The molecule has 2 rings (SSSR count). The molecule has 1 N–H and O–H groups in total. The number of alkyl halides is 2. The second kappa shape index (κ2) is 3.03. The first-order chi connectivity index (χ1) is 6.89. The molecule has 0 unspecified atom stereocenters. The molecule has 0 aromatic carbocycles. The molecule has 0 aliphatic carbocycles. The number of rotatable bonds is 1. The largest absolute Gasteiger partial charge is 0.426 e. The Hall–Kier alpha value is -1.43. The van der Waals surface area contributed by atoms with Crippen LogP contribution in [0.2, 0.25) is 5.02 Å². The van der Waals surface area contributed by atoms with E-state index in [2.05, 4.69) is 9.97 Å². The van der Waals surface area contributed by atoms with Gasteiger partial charge in [-0.3, -0.25) is 0 Å². The molecule has 0 radical (unpaired) electrons. The number of hydrogen-bond donors (Lipinski definition) is 1. The van der Waals surface area contributed by atoms with E-state index >= 15 is 0 Å². The van der Waals surface area contributed by atoms with Crippen molar-refractivity contribution >= 4 is 22.8 Å². The van der Waals surface area contributed by atoms with Gasteiger partial charge in [-0.2, -0.15) is 13.5 Å².